The van der Waals surface area contributed by atoms with E-state index in [2.05, 4.69) is 15.3 Å². The molecule has 84 valence electrons. The molecule has 16 heavy (non-hydrogen) atoms. The van der Waals surface area contributed by atoms with E-state index in [1.165, 1.54) is 7.11 Å². The quantitative estimate of drug-likeness (QED) is 0.805. The third kappa shape index (κ3) is 2.01. The minimum Gasteiger partial charge on any atom is -0.480 e. The van der Waals surface area contributed by atoms with Gasteiger partial charge in [0.2, 0.25) is 5.88 Å². The van der Waals surface area contributed by atoms with Crippen molar-refractivity contribution in [1.82, 2.24) is 20.0 Å². The summed E-state index contributed by atoms with van der Waals surface area (Å²) in [4.78, 5) is 0. The smallest absolute Gasteiger partial charge is 0.233 e. The molecule has 6 heteroatoms. The largest absolute Gasteiger partial charge is 0.480 e. The van der Waals surface area contributed by atoms with Crippen LogP contribution in [0.4, 0.5) is 0 Å². The highest BCUT2D eigenvalue weighted by molar-refractivity contribution is 5.22. The van der Waals surface area contributed by atoms with Crippen LogP contribution in [-0.2, 0) is 7.05 Å². The lowest BCUT2D eigenvalue weighted by atomic mass is 10.1. The minimum atomic E-state index is -0.813. The van der Waals surface area contributed by atoms with E-state index in [0.29, 0.717) is 17.1 Å². The molecule has 0 aliphatic rings. The van der Waals surface area contributed by atoms with Gasteiger partial charge >= 0.3 is 0 Å². The SMILES string of the molecule is COc1ccc(C(O)c2cnn(C)c2)nn1. The molecule has 2 aromatic heterocycles. The van der Waals surface area contributed by atoms with E-state index in [0.717, 1.165) is 0 Å². The highest BCUT2D eigenvalue weighted by Crippen LogP contribution is 2.19. The highest BCUT2D eigenvalue weighted by atomic mass is 16.5. The molecule has 1 N–H and O–H groups in total. The number of ether oxygens (including phenoxy) is 1. The molecular formula is C10H12N4O2. The molecule has 0 aromatic carbocycles. The predicted octanol–water partition coefficient (Wildman–Crippen LogP) is 0.300. The van der Waals surface area contributed by atoms with E-state index < -0.39 is 6.10 Å². The average Bonchev–Trinajstić information content (AvgIpc) is 2.75. The summed E-state index contributed by atoms with van der Waals surface area (Å²) in [5.41, 5.74) is 1.15. The molecule has 0 amide bonds. The molecule has 0 fully saturated rings. The summed E-state index contributed by atoms with van der Waals surface area (Å²) in [6.45, 7) is 0. The van der Waals surface area contributed by atoms with E-state index in [-0.39, 0.29) is 0 Å². The third-order valence-corrected chi connectivity index (χ3v) is 2.19. The fourth-order valence-corrected chi connectivity index (χ4v) is 1.34. The topological polar surface area (TPSA) is 73.1 Å². The second kappa shape index (κ2) is 4.28. The molecular weight excluding hydrogens is 208 g/mol. The maximum Gasteiger partial charge on any atom is 0.233 e. The first-order valence-electron chi connectivity index (χ1n) is 4.75. The summed E-state index contributed by atoms with van der Waals surface area (Å²) in [5, 5.41) is 21.6. The van der Waals surface area contributed by atoms with E-state index >= 15 is 0 Å². The van der Waals surface area contributed by atoms with Gasteiger partial charge in [-0.15, -0.1) is 10.2 Å². The molecule has 1 atom stereocenters. The minimum absolute atomic E-state index is 0.419. The zero-order valence-electron chi connectivity index (χ0n) is 9.03. The normalized spacial score (nSPS) is 12.4. The van der Waals surface area contributed by atoms with Crippen molar-refractivity contribution in [1.29, 1.82) is 0 Å². The van der Waals surface area contributed by atoms with Crippen LogP contribution in [-0.4, -0.2) is 32.2 Å². The zero-order chi connectivity index (χ0) is 11.5. The molecule has 0 aliphatic carbocycles. The molecule has 2 heterocycles. The van der Waals surface area contributed by atoms with Crippen LogP contribution >= 0.6 is 0 Å². The molecule has 0 radical (unpaired) electrons. The van der Waals surface area contributed by atoms with Crippen LogP contribution in [0.5, 0.6) is 5.88 Å². The summed E-state index contributed by atoms with van der Waals surface area (Å²) in [5.74, 6) is 0.419. The lowest BCUT2D eigenvalue weighted by molar-refractivity contribution is 0.213. The molecule has 0 aliphatic heterocycles. The van der Waals surface area contributed by atoms with Crippen LogP contribution in [0.2, 0.25) is 0 Å². The summed E-state index contributed by atoms with van der Waals surface area (Å²) in [6.07, 6.45) is 2.51. The van der Waals surface area contributed by atoms with Crippen molar-refractivity contribution in [2.75, 3.05) is 7.11 Å². The first-order chi connectivity index (χ1) is 7.70. The van der Waals surface area contributed by atoms with Gasteiger partial charge in [0.05, 0.1) is 19.0 Å². The molecule has 2 rings (SSSR count). The van der Waals surface area contributed by atoms with Gasteiger partial charge in [-0.1, -0.05) is 0 Å². The van der Waals surface area contributed by atoms with Crippen molar-refractivity contribution in [2.24, 2.45) is 7.05 Å². The van der Waals surface area contributed by atoms with Crippen LogP contribution in [0.1, 0.15) is 17.4 Å². The molecule has 6 nitrogen and oxygen atoms in total. The van der Waals surface area contributed by atoms with Crippen LogP contribution < -0.4 is 4.74 Å². The lowest BCUT2D eigenvalue weighted by Crippen LogP contribution is -2.03. The zero-order valence-corrected chi connectivity index (χ0v) is 9.03. The van der Waals surface area contributed by atoms with Gasteiger partial charge in [-0.05, 0) is 6.07 Å². The Bertz CT molecular complexity index is 466. The highest BCUT2D eigenvalue weighted by Gasteiger charge is 2.14. The van der Waals surface area contributed by atoms with E-state index in [1.807, 2.05) is 0 Å². The second-order valence-electron chi connectivity index (χ2n) is 3.35. The Kier molecular flexibility index (Phi) is 2.82. The average molecular weight is 220 g/mol. The van der Waals surface area contributed by atoms with Gasteiger partial charge in [-0.2, -0.15) is 5.10 Å². The van der Waals surface area contributed by atoms with E-state index in [1.54, 1.807) is 36.3 Å². The van der Waals surface area contributed by atoms with Crippen molar-refractivity contribution in [2.45, 2.75) is 6.10 Å². The molecule has 1 unspecified atom stereocenters. The van der Waals surface area contributed by atoms with Gasteiger partial charge in [0.15, 0.2) is 0 Å². The summed E-state index contributed by atoms with van der Waals surface area (Å²) in [7, 11) is 3.30. The maximum absolute atomic E-state index is 9.97. The van der Waals surface area contributed by atoms with E-state index in [4.69, 9.17) is 4.74 Å². The Balaban J connectivity index is 2.23. The Hall–Kier alpha value is -1.95. The van der Waals surface area contributed by atoms with Crippen molar-refractivity contribution in [3.05, 3.63) is 35.8 Å². The number of hydrogen-bond donors (Lipinski definition) is 1. The number of methoxy groups -OCH3 is 1. The monoisotopic (exact) mass is 220 g/mol. The first kappa shape index (κ1) is 10.6. The van der Waals surface area contributed by atoms with Crippen LogP contribution in [0.3, 0.4) is 0 Å². The number of aromatic nitrogens is 4. The molecule has 0 bridgehead atoms. The summed E-state index contributed by atoms with van der Waals surface area (Å²) >= 11 is 0. The number of nitrogens with zero attached hydrogens (tertiary/aromatic N) is 4. The molecule has 0 saturated carbocycles. The van der Waals surface area contributed by atoms with Crippen molar-refractivity contribution in [3.8, 4) is 5.88 Å². The number of aryl methyl sites for hydroxylation is 1. The molecule has 2 aromatic rings. The van der Waals surface area contributed by atoms with Crippen molar-refractivity contribution in [3.63, 3.8) is 0 Å². The maximum atomic E-state index is 9.97. The van der Waals surface area contributed by atoms with Gasteiger partial charge in [-0.3, -0.25) is 4.68 Å². The fraction of sp³-hybridized carbons (Fsp3) is 0.300. The number of hydrogen-bond acceptors (Lipinski definition) is 5. The standard InChI is InChI=1S/C10H12N4O2/c1-14-6-7(5-11-14)10(15)8-3-4-9(16-2)13-12-8/h3-6,10,15H,1-2H3. The van der Waals surface area contributed by atoms with Crippen LogP contribution in [0, 0.1) is 0 Å². The summed E-state index contributed by atoms with van der Waals surface area (Å²) < 4.78 is 6.51. The Morgan fingerprint density at radius 3 is 2.69 bits per heavy atom. The third-order valence-electron chi connectivity index (χ3n) is 2.19. The van der Waals surface area contributed by atoms with Crippen LogP contribution in [0.25, 0.3) is 0 Å². The van der Waals surface area contributed by atoms with E-state index in [9.17, 15) is 5.11 Å². The van der Waals surface area contributed by atoms with Crippen LogP contribution in [0.15, 0.2) is 24.5 Å². The number of rotatable bonds is 3. The second-order valence-corrected chi connectivity index (χ2v) is 3.35. The van der Waals surface area contributed by atoms with Gasteiger partial charge in [-0.25, -0.2) is 0 Å². The Morgan fingerprint density at radius 2 is 2.19 bits per heavy atom. The Morgan fingerprint density at radius 1 is 1.38 bits per heavy atom. The van der Waals surface area contributed by atoms with Gasteiger partial charge in [0.25, 0.3) is 0 Å². The van der Waals surface area contributed by atoms with Gasteiger partial charge in [0, 0.05) is 24.9 Å². The first-order valence-corrected chi connectivity index (χ1v) is 4.75. The Labute approximate surface area is 92.5 Å². The molecule has 0 spiro atoms. The van der Waals surface area contributed by atoms with Gasteiger partial charge < -0.3 is 9.84 Å². The van der Waals surface area contributed by atoms with Gasteiger partial charge in [0.1, 0.15) is 6.10 Å². The molecule has 0 saturated heterocycles. The number of aliphatic hydroxyl groups excluding tert-OH is 1. The lowest BCUT2D eigenvalue weighted by Gasteiger charge is -2.06. The van der Waals surface area contributed by atoms with Crippen molar-refractivity contribution < 1.29 is 9.84 Å². The predicted molar refractivity (Wildman–Crippen MR) is 55.9 cm³/mol. The summed E-state index contributed by atoms with van der Waals surface area (Å²) in [6, 6.07) is 3.32. The fourth-order valence-electron chi connectivity index (χ4n) is 1.34. The van der Waals surface area contributed by atoms with Crippen molar-refractivity contribution >= 4 is 0 Å². The number of aliphatic hydroxyl groups is 1.